The summed E-state index contributed by atoms with van der Waals surface area (Å²) in [5.41, 5.74) is 0.127. The maximum atomic E-state index is 13.8. The minimum absolute atomic E-state index is 0.0140. The van der Waals surface area contributed by atoms with E-state index >= 15 is 0 Å². The SMILES string of the molecule is CNCCC(O)C(O)c1cccc(CO)c1F. The second-order valence-corrected chi connectivity index (χ2v) is 3.88. The lowest BCUT2D eigenvalue weighted by Gasteiger charge is -2.19. The Morgan fingerprint density at radius 1 is 1.35 bits per heavy atom. The molecule has 1 aromatic carbocycles. The fourth-order valence-corrected chi connectivity index (χ4v) is 1.61. The van der Waals surface area contributed by atoms with E-state index in [1.54, 1.807) is 7.05 Å². The van der Waals surface area contributed by atoms with E-state index in [1.165, 1.54) is 18.2 Å². The summed E-state index contributed by atoms with van der Waals surface area (Å²) in [4.78, 5) is 0. The number of aliphatic hydroxyl groups excluding tert-OH is 3. The van der Waals surface area contributed by atoms with E-state index in [1.807, 2.05) is 0 Å². The number of hydrogen-bond donors (Lipinski definition) is 4. The first kappa shape index (κ1) is 14.1. The van der Waals surface area contributed by atoms with E-state index in [2.05, 4.69) is 5.32 Å². The molecular weight excluding hydrogens is 225 g/mol. The molecule has 0 saturated carbocycles. The van der Waals surface area contributed by atoms with Gasteiger partial charge in [0.25, 0.3) is 0 Å². The molecule has 2 unspecified atom stereocenters. The molecule has 0 amide bonds. The second kappa shape index (κ2) is 6.66. The van der Waals surface area contributed by atoms with Gasteiger partial charge in [-0.3, -0.25) is 0 Å². The highest BCUT2D eigenvalue weighted by Gasteiger charge is 2.22. The summed E-state index contributed by atoms with van der Waals surface area (Å²) in [6, 6.07) is 4.38. The van der Waals surface area contributed by atoms with Gasteiger partial charge in [-0.15, -0.1) is 0 Å². The lowest BCUT2D eigenvalue weighted by molar-refractivity contribution is 0.0118. The van der Waals surface area contributed by atoms with Crippen LogP contribution in [0.15, 0.2) is 18.2 Å². The minimum atomic E-state index is -1.28. The largest absolute Gasteiger partial charge is 0.392 e. The molecule has 1 rings (SSSR count). The number of rotatable bonds is 6. The van der Waals surface area contributed by atoms with Gasteiger partial charge in [-0.05, 0) is 20.0 Å². The quantitative estimate of drug-likeness (QED) is 0.580. The van der Waals surface area contributed by atoms with E-state index < -0.39 is 24.6 Å². The van der Waals surface area contributed by atoms with Crippen LogP contribution in [0.3, 0.4) is 0 Å². The highest BCUT2D eigenvalue weighted by atomic mass is 19.1. The van der Waals surface area contributed by atoms with Gasteiger partial charge >= 0.3 is 0 Å². The predicted molar refractivity (Wildman–Crippen MR) is 61.8 cm³/mol. The van der Waals surface area contributed by atoms with Crippen LogP contribution in [0.2, 0.25) is 0 Å². The van der Waals surface area contributed by atoms with Crippen molar-refractivity contribution in [2.24, 2.45) is 0 Å². The lowest BCUT2D eigenvalue weighted by atomic mass is 9.99. The Hall–Kier alpha value is -1.01. The molecule has 0 spiro atoms. The molecule has 96 valence electrons. The molecule has 0 fully saturated rings. The van der Waals surface area contributed by atoms with Crippen LogP contribution in [-0.2, 0) is 6.61 Å². The first-order valence-electron chi connectivity index (χ1n) is 5.50. The molecule has 17 heavy (non-hydrogen) atoms. The number of aliphatic hydroxyl groups is 3. The van der Waals surface area contributed by atoms with Crippen LogP contribution in [0, 0.1) is 5.82 Å². The average molecular weight is 243 g/mol. The molecule has 4 N–H and O–H groups in total. The summed E-state index contributed by atoms with van der Waals surface area (Å²) < 4.78 is 13.8. The summed E-state index contributed by atoms with van der Waals surface area (Å²) in [6.45, 7) is 0.0958. The summed E-state index contributed by atoms with van der Waals surface area (Å²) in [5.74, 6) is -0.661. The third kappa shape index (κ3) is 3.47. The molecule has 2 atom stereocenters. The van der Waals surface area contributed by atoms with Gasteiger partial charge in [0, 0.05) is 11.1 Å². The molecule has 0 saturated heterocycles. The molecule has 0 aromatic heterocycles. The molecular formula is C12H18FNO3. The Bertz CT molecular complexity index is 360. The van der Waals surface area contributed by atoms with Crippen molar-refractivity contribution in [2.75, 3.05) is 13.6 Å². The summed E-state index contributed by atoms with van der Waals surface area (Å²) in [5, 5.41) is 31.2. The first-order chi connectivity index (χ1) is 8.11. The Morgan fingerprint density at radius 2 is 2.06 bits per heavy atom. The van der Waals surface area contributed by atoms with Crippen molar-refractivity contribution in [3.63, 3.8) is 0 Å². The molecule has 0 heterocycles. The van der Waals surface area contributed by atoms with E-state index in [-0.39, 0.29) is 11.1 Å². The first-order valence-corrected chi connectivity index (χ1v) is 5.50. The molecule has 0 radical (unpaired) electrons. The Morgan fingerprint density at radius 3 is 2.65 bits per heavy atom. The van der Waals surface area contributed by atoms with Crippen molar-refractivity contribution in [2.45, 2.75) is 25.2 Å². The van der Waals surface area contributed by atoms with Gasteiger partial charge < -0.3 is 20.6 Å². The van der Waals surface area contributed by atoms with Crippen LogP contribution in [0.1, 0.15) is 23.7 Å². The van der Waals surface area contributed by atoms with Crippen LogP contribution < -0.4 is 5.32 Å². The third-order valence-electron chi connectivity index (χ3n) is 2.65. The van der Waals surface area contributed by atoms with Crippen molar-refractivity contribution in [1.82, 2.24) is 5.32 Å². The van der Waals surface area contributed by atoms with E-state index in [0.717, 1.165) is 0 Å². The average Bonchev–Trinajstić information content (AvgIpc) is 2.35. The Balaban J connectivity index is 2.84. The number of nitrogens with one attached hydrogen (secondary N) is 1. The molecule has 5 heteroatoms. The molecule has 1 aromatic rings. The van der Waals surface area contributed by atoms with Gasteiger partial charge in [-0.2, -0.15) is 0 Å². The Labute approximate surface area is 99.7 Å². The standard InChI is InChI=1S/C12H18FNO3/c1-14-6-5-10(16)12(17)9-4-2-3-8(7-15)11(9)13/h2-4,10,12,14-17H,5-7H2,1H3. The summed E-state index contributed by atoms with van der Waals surface area (Å²) in [6.07, 6.45) is -2.00. The zero-order chi connectivity index (χ0) is 12.8. The smallest absolute Gasteiger partial charge is 0.134 e. The van der Waals surface area contributed by atoms with E-state index in [4.69, 9.17) is 5.11 Å². The third-order valence-corrected chi connectivity index (χ3v) is 2.65. The van der Waals surface area contributed by atoms with Crippen LogP contribution in [0.4, 0.5) is 4.39 Å². The zero-order valence-corrected chi connectivity index (χ0v) is 9.73. The molecule has 0 aliphatic carbocycles. The minimum Gasteiger partial charge on any atom is -0.392 e. The number of benzene rings is 1. The normalized spacial score (nSPS) is 14.6. The van der Waals surface area contributed by atoms with E-state index in [0.29, 0.717) is 13.0 Å². The molecule has 0 aliphatic rings. The fraction of sp³-hybridized carbons (Fsp3) is 0.500. The fourth-order valence-electron chi connectivity index (χ4n) is 1.61. The van der Waals surface area contributed by atoms with Crippen molar-refractivity contribution in [1.29, 1.82) is 0 Å². The highest BCUT2D eigenvalue weighted by Crippen LogP contribution is 2.23. The molecule has 0 aliphatic heterocycles. The predicted octanol–water partition coefficient (Wildman–Crippen LogP) is 0.322. The maximum Gasteiger partial charge on any atom is 0.134 e. The van der Waals surface area contributed by atoms with Gasteiger partial charge in [0.1, 0.15) is 11.9 Å². The molecule has 4 nitrogen and oxygen atoms in total. The topological polar surface area (TPSA) is 72.7 Å². The van der Waals surface area contributed by atoms with Crippen LogP contribution in [0.5, 0.6) is 0 Å². The number of halogens is 1. The van der Waals surface area contributed by atoms with Crippen molar-refractivity contribution in [3.05, 3.63) is 35.1 Å². The lowest BCUT2D eigenvalue weighted by Crippen LogP contribution is -2.24. The molecule has 0 bridgehead atoms. The van der Waals surface area contributed by atoms with Gasteiger partial charge in [0.05, 0.1) is 12.7 Å². The van der Waals surface area contributed by atoms with Gasteiger partial charge in [0.2, 0.25) is 0 Å². The zero-order valence-electron chi connectivity index (χ0n) is 9.73. The van der Waals surface area contributed by atoms with Crippen LogP contribution >= 0.6 is 0 Å². The maximum absolute atomic E-state index is 13.8. The highest BCUT2D eigenvalue weighted by molar-refractivity contribution is 5.27. The summed E-state index contributed by atoms with van der Waals surface area (Å²) >= 11 is 0. The van der Waals surface area contributed by atoms with Crippen molar-refractivity contribution >= 4 is 0 Å². The second-order valence-electron chi connectivity index (χ2n) is 3.88. The Kier molecular flexibility index (Phi) is 5.50. The summed E-state index contributed by atoms with van der Waals surface area (Å²) in [7, 11) is 1.73. The van der Waals surface area contributed by atoms with Gasteiger partial charge in [-0.1, -0.05) is 18.2 Å². The van der Waals surface area contributed by atoms with Crippen molar-refractivity contribution < 1.29 is 19.7 Å². The van der Waals surface area contributed by atoms with Gasteiger partial charge in [-0.25, -0.2) is 4.39 Å². The monoisotopic (exact) mass is 243 g/mol. The number of hydrogen-bond acceptors (Lipinski definition) is 4. The van der Waals surface area contributed by atoms with Crippen LogP contribution in [0.25, 0.3) is 0 Å². The van der Waals surface area contributed by atoms with Gasteiger partial charge in [0.15, 0.2) is 0 Å². The van der Waals surface area contributed by atoms with Crippen molar-refractivity contribution in [3.8, 4) is 0 Å². The van der Waals surface area contributed by atoms with E-state index in [9.17, 15) is 14.6 Å². The van der Waals surface area contributed by atoms with Crippen LogP contribution in [-0.4, -0.2) is 35.0 Å².